The topological polar surface area (TPSA) is 182 Å². The monoisotopic (exact) mass is 952 g/mol. The number of pyridine rings is 1. The normalized spacial score (nSPS) is 17.9. The molecule has 2 aromatic carbocycles. The number of aryl methyl sites for hydroxylation is 1. The van der Waals surface area contributed by atoms with Gasteiger partial charge in [-0.25, -0.2) is 27.0 Å². The van der Waals surface area contributed by atoms with Crippen molar-refractivity contribution in [2.24, 2.45) is 13.0 Å². The molecule has 0 aliphatic heterocycles. The number of aliphatic hydroxyl groups is 1. The molecule has 23 heteroatoms. The van der Waals surface area contributed by atoms with E-state index >= 15 is 8.78 Å². The molecule has 5 aromatic rings. The molecule has 14 nitrogen and oxygen atoms in total. The van der Waals surface area contributed by atoms with Gasteiger partial charge >= 0.3 is 12.3 Å². The Morgan fingerprint density at radius 1 is 1.05 bits per heavy atom. The van der Waals surface area contributed by atoms with E-state index in [0.717, 1.165) is 18.4 Å². The number of aromatic nitrogens is 5. The van der Waals surface area contributed by atoms with E-state index in [1.165, 1.54) is 42.9 Å². The van der Waals surface area contributed by atoms with E-state index in [9.17, 15) is 45.1 Å². The Morgan fingerprint density at radius 2 is 1.71 bits per heavy atom. The maximum absolute atomic E-state index is 15.5. The molecule has 0 bridgehead atoms. The number of amides is 2. The summed E-state index contributed by atoms with van der Waals surface area (Å²) >= 11 is 6.60. The van der Waals surface area contributed by atoms with Crippen LogP contribution in [0.2, 0.25) is 5.02 Å². The Morgan fingerprint density at radius 3 is 2.34 bits per heavy atom. The molecule has 3 heterocycles. The first kappa shape index (κ1) is 47.1. The second-order valence-corrected chi connectivity index (χ2v) is 19.3. The number of carbonyl (C=O) groups is 2. The Bertz CT molecular complexity index is 2920. The molecule has 346 valence electrons. The van der Waals surface area contributed by atoms with E-state index in [1.807, 2.05) is 0 Å². The Balaban J connectivity index is 1.36. The van der Waals surface area contributed by atoms with Gasteiger partial charge in [-0.1, -0.05) is 23.6 Å². The summed E-state index contributed by atoms with van der Waals surface area (Å²) < 4.78 is 137. The molecule has 3 aromatic heterocycles. The zero-order valence-electron chi connectivity index (χ0n) is 35.3. The molecule has 1 fully saturated rings. The maximum atomic E-state index is 15.5. The third kappa shape index (κ3) is 10.2. The van der Waals surface area contributed by atoms with Gasteiger partial charge < -0.3 is 20.5 Å². The fraction of sp³-hybridized carbons (Fsp3) is 0.405. The highest BCUT2D eigenvalue weighted by Gasteiger charge is 2.68. The molecule has 2 aliphatic carbocycles. The van der Waals surface area contributed by atoms with E-state index in [4.69, 9.17) is 21.3 Å². The van der Waals surface area contributed by atoms with Gasteiger partial charge in [0.25, 0.3) is 5.92 Å². The maximum Gasteiger partial charge on any atom is 0.435 e. The third-order valence-electron chi connectivity index (χ3n) is 10.4. The van der Waals surface area contributed by atoms with E-state index < -0.39 is 111 Å². The van der Waals surface area contributed by atoms with Crippen LogP contribution in [0, 0.1) is 29.4 Å². The van der Waals surface area contributed by atoms with Crippen LogP contribution in [-0.4, -0.2) is 74.1 Å². The van der Waals surface area contributed by atoms with Crippen molar-refractivity contribution < 1.29 is 58.6 Å². The van der Waals surface area contributed by atoms with Gasteiger partial charge in [-0.3, -0.25) is 18.9 Å². The number of hydrogen-bond acceptors (Lipinski definition) is 9. The molecule has 0 radical (unpaired) electrons. The van der Waals surface area contributed by atoms with Gasteiger partial charge in [-0.05, 0) is 88.3 Å². The van der Waals surface area contributed by atoms with Crippen molar-refractivity contribution in [3.8, 4) is 23.0 Å². The van der Waals surface area contributed by atoms with E-state index in [0.29, 0.717) is 10.7 Å². The molecule has 7 rings (SSSR count). The molecule has 0 spiro atoms. The zero-order chi connectivity index (χ0) is 47.8. The number of nitrogens with zero attached hydrogens (tertiary/aromatic N) is 5. The molecule has 1 saturated carbocycles. The van der Waals surface area contributed by atoms with E-state index in [1.54, 1.807) is 20.8 Å². The minimum atomic E-state index is -5.12. The number of nitrogens with one attached hydrogen (secondary N) is 3. The summed E-state index contributed by atoms with van der Waals surface area (Å²) in [5.41, 5.74) is -5.62. The third-order valence-corrected chi connectivity index (χ3v) is 11.3. The summed E-state index contributed by atoms with van der Waals surface area (Å²) in [6.45, 7) is 4.65. The largest absolute Gasteiger partial charge is 0.444 e. The molecule has 2 amide bonds. The Hall–Kier alpha value is -5.92. The van der Waals surface area contributed by atoms with Crippen LogP contribution in [0.3, 0.4) is 0 Å². The average Bonchev–Trinajstić information content (AvgIpc) is 3.70. The number of fused-ring (bicyclic) bond motifs is 4. The predicted molar refractivity (Wildman–Crippen MR) is 222 cm³/mol. The van der Waals surface area contributed by atoms with Crippen LogP contribution in [0.1, 0.15) is 80.0 Å². The van der Waals surface area contributed by atoms with Gasteiger partial charge in [-0.15, -0.1) is 0 Å². The minimum absolute atomic E-state index is 0.0550. The summed E-state index contributed by atoms with van der Waals surface area (Å²) in [5, 5.41) is 24.0. The Kier molecular flexibility index (Phi) is 11.9. The SMILES string of the molecule is Cn1nc(NS(C)(=O)=O)c2c(Cl)ccc(-c3ccc(C#CC(C)(O)CNC(=O)OC(C)(C)C)nc3C(Cc3cc(F)cc(F)c3)NC(=O)Cn3nc(C(F)(F)F)c4c3C(F)(F)[C@@H]3C[C@H]43)c21. The zero-order valence-corrected chi connectivity index (χ0v) is 36.8. The van der Waals surface area contributed by atoms with E-state index in [-0.39, 0.29) is 56.2 Å². The lowest BCUT2D eigenvalue weighted by molar-refractivity contribution is -0.142. The summed E-state index contributed by atoms with van der Waals surface area (Å²) in [4.78, 5) is 31.0. The Labute approximate surface area is 371 Å². The van der Waals surface area contributed by atoms with Gasteiger partial charge in [0.1, 0.15) is 40.8 Å². The van der Waals surface area contributed by atoms with Crippen molar-refractivity contribution in [1.82, 2.24) is 35.2 Å². The molecule has 4 N–H and O–H groups in total. The average molecular weight is 953 g/mol. The number of ether oxygens (including phenoxy) is 1. The lowest BCUT2D eigenvalue weighted by atomic mass is 9.93. The standard InChI is InChI=1S/C42H40ClF7N8O6S/c1-39(2,3)64-38(60)51-19-40(4,61)12-11-23-7-8-24(25-9-10-28(43)32-34(25)57(5)55-37(32)56-65(6,62)63)33(52-23)29(15-20-13-21(44)16-22(45)14-20)53-30(59)18-58-36-31(35(54-58)42(48,49)50)26-17-27(26)41(36,46)47/h7-10,13-14,16,26-27,29,61H,15,17-19H2,1-6H3,(H,51,60)(H,53,59)(H,55,56)/t26-,27+,29?,40?/m0/s1. The quantitative estimate of drug-likeness (QED) is 0.0794. The molecular formula is C42H40ClF7N8O6S. The van der Waals surface area contributed by atoms with Crippen molar-refractivity contribution in [3.05, 3.63) is 93.0 Å². The van der Waals surface area contributed by atoms with Crippen LogP contribution in [0.25, 0.3) is 22.0 Å². The number of alkyl halides is 5. The minimum Gasteiger partial charge on any atom is -0.444 e. The van der Waals surface area contributed by atoms with Crippen molar-refractivity contribution in [1.29, 1.82) is 0 Å². The lowest BCUT2D eigenvalue weighted by Crippen LogP contribution is -2.42. The second kappa shape index (κ2) is 16.5. The number of rotatable bonds is 11. The number of sulfonamides is 1. The fourth-order valence-corrected chi connectivity index (χ4v) is 8.57. The van der Waals surface area contributed by atoms with Crippen LogP contribution in [0.4, 0.5) is 41.3 Å². The van der Waals surface area contributed by atoms with Crippen LogP contribution in [-0.2, 0) is 51.7 Å². The number of benzene rings is 2. The van der Waals surface area contributed by atoms with Crippen molar-refractivity contribution in [2.75, 3.05) is 17.5 Å². The van der Waals surface area contributed by atoms with Crippen LogP contribution >= 0.6 is 11.6 Å². The summed E-state index contributed by atoms with van der Waals surface area (Å²) in [7, 11) is -2.43. The number of anilines is 1. The van der Waals surface area contributed by atoms with Crippen LogP contribution in [0.5, 0.6) is 0 Å². The fourth-order valence-electron chi connectivity index (χ4n) is 7.83. The number of carbonyl (C=O) groups excluding carboxylic acids is 2. The summed E-state index contributed by atoms with van der Waals surface area (Å²) in [6.07, 6.45) is -5.72. The van der Waals surface area contributed by atoms with Crippen LogP contribution < -0.4 is 15.4 Å². The summed E-state index contributed by atoms with van der Waals surface area (Å²) in [6, 6.07) is 6.80. The highest BCUT2D eigenvalue weighted by molar-refractivity contribution is 7.92. The lowest BCUT2D eigenvalue weighted by Gasteiger charge is -2.23. The molecule has 2 unspecified atom stereocenters. The first-order valence-corrected chi connectivity index (χ1v) is 22.0. The van der Waals surface area contributed by atoms with Crippen molar-refractivity contribution in [3.63, 3.8) is 0 Å². The van der Waals surface area contributed by atoms with Gasteiger partial charge in [0.15, 0.2) is 11.5 Å². The van der Waals surface area contributed by atoms with Crippen LogP contribution in [0.15, 0.2) is 42.5 Å². The van der Waals surface area contributed by atoms with Gasteiger partial charge in [0.05, 0.1) is 40.5 Å². The van der Waals surface area contributed by atoms with Gasteiger partial charge in [0, 0.05) is 35.7 Å². The van der Waals surface area contributed by atoms with E-state index in [2.05, 4.69) is 37.4 Å². The molecule has 2 aliphatic rings. The highest BCUT2D eigenvalue weighted by atomic mass is 35.5. The van der Waals surface area contributed by atoms with Crippen molar-refractivity contribution in [2.45, 2.75) is 82.3 Å². The highest BCUT2D eigenvalue weighted by Crippen LogP contribution is 2.68. The first-order chi connectivity index (χ1) is 30.0. The number of hydrogen-bond donors (Lipinski definition) is 4. The summed E-state index contributed by atoms with van der Waals surface area (Å²) in [5.74, 6) is -4.23. The molecule has 0 saturated heterocycles. The molecular weight excluding hydrogens is 913 g/mol. The smallest absolute Gasteiger partial charge is 0.435 e. The van der Waals surface area contributed by atoms with Gasteiger partial charge in [0.2, 0.25) is 15.9 Å². The predicted octanol–water partition coefficient (Wildman–Crippen LogP) is 7.09. The van der Waals surface area contributed by atoms with Gasteiger partial charge in [-0.2, -0.15) is 32.1 Å². The molecule has 65 heavy (non-hydrogen) atoms. The second-order valence-electron chi connectivity index (χ2n) is 17.1. The molecule has 4 atom stereocenters. The first-order valence-electron chi connectivity index (χ1n) is 19.7. The number of alkyl carbamates (subject to hydrolysis) is 1. The number of halogens is 8. The van der Waals surface area contributed by atoms with Crippen molar-refractivity contribution >= 4 is 50.3 Å².